The van der Waals surface area contributed by atoms with Crippen molar-refractivity contribution in [1.82, 2.24) is 15.1 Å². The number of nitrogens with one attached hydrogen (secondary N) is 1. The molecular weight excluding hydrogens is 326 g/mol. The third-order valence-corrected chi connectivity index (χ3v) is 4.29. The number of carbonyl (C=O) groups is 2. The molecule has 25 heavy (non-hydrogen) atoms. The van der Waals surface area contributed by atoms with Crippen molar-refractivity contribution < 1.29 is 23.8 Å². The smallest absolute Gasteiger partial charge is 0.311 e. The zero-order valence-corrected chi connectivity index (χ0v) is 14.3. The number of rotatable bonds is 5. The van der Waals surface area contributed by atoms with Crippen LogP contribution in [0.15, 0.2) is 18.2 Å². The third-order valence-electron chi connectivity index (χ3n) is 4.29. The molecule has 1 fully saturated rings. The van der Waals surface area contributed by atoms with Crippen LogP contribution < -0.4 is 14.8 Å². The summed E-state index contributed by atoms with van der Waals surface area (Å²) in [4.78, 5) is 27.8. The molecule has 0 spiro atoms. The predicted molar refractivity (Wildman–Crippen MR) is 89.3 cm³/mol. The van der Waals surface area contributed by atoms with Crippen LogP contribution in [0.3, 0.4) is 0 Å². The highest BCUT2D eigenvalue weighted by Crippen LogP contribution is 2.32. The molecule has 0 aromatic heterocycles. The molecule has 1 aromatic carbocycles. The normalized spacial score (nSPS) is 16.8. The first kappa shape index (κ1) is 17.5. The Morgan fingerprint density at radius 2 is 1.92 bits per heavy atom. The summed E-state index contributed by atoms with van der Waals surface area (Å²) in [5.74, 6) is 0.512. The summed E-state index contributed by atoms with van der Waals surface area (Å²) in [7, 11) is 1.55. The fourth-order valence-electron chi connectivity index (χ4n) is 2.89. The quantitative estimate of drug-likeness (QED) is 0.587. The molecule has 0 radical (unpaired) electrons. The number of carbonyl (C=O) groups excluding carboxylic acids is 2. The summed E-state index contributed by atoms with van der Waals surface area (Å²) >= 11 is 0. The molecule has 136 valence electrons. The number of hydrogen-bond donors (Lipinski definition) is 1. The van der Waals surface area contributed by atoms with Gasteiger partial charge in [0.25, 0.3) is 0 Å². The fourth-order valence-corrected chi connectivity index (χ4v) is 2.89. The molecule has 8 nitrogen and oxygen atoms in total. The van der Waals surface area contributed by atoms with Gasteiger partial charge >= 0.3 is 11.8 Å². The molecular formula is C17H23N3O5. The molecule has 3 rings (SSSR count). The van der Waals surface area contributed by atoms with E-state index < -0.39 is 11.8 Å². The second-order valence-corrected chi connectivity index (χ2v) is 6.00. The van der Waals surface area contributed by atoms with Crippen molar-refractivity contribution in [1.29, 1.82) is 0 Å². The topological polar surface area (TPSA) is 80.3 Å². The Kier molecular flexibility index (Phi) is 5.72. The van der Waals surface area contributed by atoms with Crippen LogP contribution in [0.4, 0.5) is 0 Å². The lowest BCUT2D eigenvalue weighted by molar-refractivity contribution is -0.147. The Morgan fingerprint density at radius 3 is 2.68 bits per heavy atom. The van der Waals surface area contributed by atoms with E-state index in [-0.39, 0.29) is 6.79 Å². The van der Waals surface area contributed by atoms with Gasteiger partial charge in [0.15, 0.2) is 11.5 Å². The average Bonchev–Trinajstić information content (AvgIpc) is 3.09. The summed E-state index contributed by atoms with van der Waals surface area (Å²) in [5, 5.41) is 2.56. The first-order chi connectivity index (χ1) is 12.2. The van der Waals surface area contributed by atoms with E-state index in [1.54, 1.807) is 12.0 Å². The summed E-state index contributed by atoms with van der Waals surface area (Å²) < 4.78 is 15.6. The van der Waals surface area contributed by atoms with Gasteiger partial charge in [-0.25, -0.2) is 0 Å². The standard InChI is InChI=1S/C17H23N3O5/c1-23-9-4-18-16(21)17(22)20-7-5-19(6-8-20)11-13-2-3-14-15(10-13)25-12-24-14/h2-3,10H,4-9,11-12H2,1H3,(H,18,21). The van der Waals surface area contributed by atoms with Gasteiger partial charge in [0.05, 0.1) is 6.61 Å². The number of hydrogen-bond acceptors (Lipinski definition) is 6. The van der Waals surface area contributed by atoms with Gasteiger partial charge in [-0.3, -0.25) is 14.5 Å². The molecule has 1 aromatic rings. The van der Waals surface area contributed by atoms with E-state index in [0.717, 1.165) is 36.7 Å². The van der Waals surface area contributed by atoms with Crippen LogP contribution in [0.5, 0.6) is 11.5 Å². The number of ether oxygens (including phenoxy) is 3. The van der Waals surface area contributed by atoms with Crippen molar-refractivity contribution in [2.45, 2.75) is 6.54 Å². The van der Waals surface area contributed by atoms with Gasteiger partial charge in [-0.2, -0.15) is 0 Å². The van der Waals surface area contributed by atoms with Crippen LogP contribution in [-0.4, -0.2) is 74.8 Å². The van der Waals surface area contributed by atoms with Crippen LogP contribution in [0.1, 0.15) is 5.56 Å². The second-order valence-electron chi connectivity index (χ2n) is 6.00. The summed E-state index contributed by atoms with van der Waals surface area (Å²) in [6.45, 7) is 4.32. The van der Waals surface area contributed by atoms with Crippen LogP contribution in [-0.2, 0) is 20.9 Å². The van der Waals surface area contributed by atoms with E-state index in [1.807, 2.05) is 18.2 Å². The zero-order chi connectivity index (χ0) is 17.6. The first-order valence-electron chi connectivity index (χ1n) is 8.34. The molecule has 0 saturated carbocycles. The number of fused-ring (bicyclic) bond motifs is 1. The predicted octanol–water partition coefficient (Wildman–Crippen LogP) is -0.178. The minimum atomic E-state index is -0.568. The molecule has 2 amide bonds. The van der Waals surface area contributed by atoms with Gasteiger partial charge in [0, 0.05) is 46.4 Å². The van der Waals surface area contributed by atoms with Crippen molar-refractivity contribution in [3.05, 3.63) is 23.8 Å². The Hall–Kier alpha value is -2.32. The summed E-state index contributed by atoms with van der Waals surface area (Å²) in [6, 6.07) is 5.93. The Balaban J connectivity index is 1.45. The van der Waals surface area contributed by atoms with E-state index in [0.29, 0.717) is 26.2 Å². The van der Waals surface area contributed by atoms with E-state index in [9.17, 15) is 9.59 Å². The monoisotopic (exact) mass is 349 g/mol. The Bertz CT molecular complexity index is 629. The SMILES string of the molecule is COCCNC(=O)C(=O)N1CCN(Cc2ccc3c(c2)OCO3)CC1. The van der Waals surface area contributed by atoms with Crippen molar-refractivity contribution in [2.24, 2.45) is 0 Å². The minimum Gasteiger partial charge on any atom is -0.454 e. The van der Waals surface area contributed by atoms with E-state index in [2.05, 4.69) is 10.2 Å². The zero-order valence-electron chi connectivity index (χ0n) is 14.3. The van der Waals surface area contributed by atoms with Crippen molar-refractivity contribution in [3.8, 4) is 11.5 Å². The van der Waals surface area contributed by atoms with Crippen LogP contribution >= 0.6 is 0 Å². The lowest BCUT2D eigenvalue weighted by Crippen LogP contribution is -2.52. The number of methoxy groups -OCH3 is 1. The van der Waals surface area contributed by atoms with Crippen LogP contribution in [0, 0.1) is 0 Å². The molecule has 2 aliphatic heterocycles. The van der Waals surface area contributed by atoms with Crippen molar-refractivity contribution in [3.63, 3.8) is 0 Å². The van der Waals surface area contributed by atoms with Gasteiger partial charge in [0.1, 0.15) is 0 Å². The molecule has 0 unspecified atom stereocenters. The summed E-state index contributed by atoms with van der Waals surface area (Å²) in [6.07, 6.45) is 0. The van der Waals surface area contributed by atoms with Gasteiger partial charge in [-0.15, -0.1) is 0 Å². The van der Waals surface area contributed by atoms with E-state index in [4.69, 9.17) is 14.2 Å². The number of piperazine rings is 1. The highest BCUT2D eigenvalue weighted by Gasteiger charge is 2.26. The maximum absolute atomic E-state index is 12.1. The van der Waals surface area contributed by atoms with E-state index >= 15 is 0 Å². The Labute approximate surface area is 146 Å². The van der Waals surface area contributed by atoms with Gasteiger partial charge < -0.3 is 24.4 Å². The molecule has 8 heteroatoms. The highest BCUT2D eigenvalue weighted by molar-refractivity contribution is 6.35. The van der Waals surface area contributed by atoms with Gasteiger partial charge in [-0.05, 0) is 17.7 Å². The maximum atomic E-state index is 12.1. The minimum absolute atomic E-state index is 0.270. The maximum Gasteiger partial charge on any atom is 0.311 e. The molecule has 2 heterocycles. The molecule has 0 bridgehead atoms. The largest absolute Gasteiger partial charge is 0.454 e. The lowest BCUT2D eigenvalue weighted by Gasteiger charge is -2.34. The highest BCUT2D eigenvalue weighted by atomic mass is 16.7. The van der Waals surface area contributed by atoms with Crippen LogP contribution in [0.25, 0.3) is 0 Å². The lowest BCUT2D eigenvalue weighted by atomic mass is 10.1. The van der Waals surface area contributed by atoms with Crippen molar-refractivity contribution in [2.75, 3.05) is 53.2 Å². The molecule has 0 aliphatic carbocycles. The van der Waals surface area contributed by atoms with Gasteiger partial charge in [-0.1, -0.05) is 6.07 Å². The van der Waals surface area contributed by atoms with E-state index in [1.165, 1.54) is 0 Å². The number of amides is 2. The Morgan fingerprint density at radius 1 is 1.16 bits per heavy atom. The third kappa shape index (κ3) is 4.40. The summed E-state index contributed by atoms with van der Waals surface area (Å²) in [5.41, 5.74) is 1.14. The first-order valence-corrected chi connectivity index (χ1v) is 8.34. The molecule has 1 N–H and O–H groups in total. The van der Waals surface area contributed by atoms with Crippen molar-refractivity contribution >= 4 is 11.8 Å². The fraction of sp³-hybridized carbons (Fsp3) is 0.529. The molecule has 2 aliphatic rings. The number of nitrogens with zero attached hydrogens (tertiary/aromatic N) is 2. The second kappa shape index (κ2) is 8.17. The molecule has 0 atom stereocenters. The van der Waals surface area contributed by atoms with Gasteiger partial charge in [0.2, 0.25) is 6.79 Å². The van der Waals surface area contributed by atoms with Crippen LogP contribution in [0.2, 0.25) is 0 Å². The average molecular weight is 349 g/mol. The number of benzene rings is 1. The molecule has 1 saturated heterocycles.